The summed E-state index contributed by atoms with van der Waals surface area (Å²) in [6.45, 7) is 1.89. The second-order valence-corrected chi connectivity index (χ2v) is 4.87. The molecule has 6 nitrogen and oxygen atoms in total. The SMILES string of the molecule is Cc1ccc(Nc2ccc(C(N)=O)cc2[N+](=O)[O-])c(Cl)c1. The molecule has 0 aliphatic heterocycles. The van der Waals surface area contributed by atoms with E-state index in [9.17, 15) is 14.9 Å². The predicted octanol–water partition coefficient (Wildman–Crippen LogP) is 3.40. The summed E-state index contributed by atoms with van der Waals surface area (Å²) in [6, 6.07) is 9.27. The fourth-order valence-electron chi connectivity index (χ4n) is 1.81. The van der Waals surface area contributed by atoms with Crippen molar-refractivity contribution in [1.82, 2.24) is 0 Å². The lowest BCUT2D eigenvalue weighted by molar-refractivity contribution is -0.383. The van der Waals surface area contributed by atoms with Gasteiger partial charge in [-0.1, -0.05) is 17.7 Å². The average Bonchev–Trinajstić information content (AvgIpc) is 2.41. The van der Waals surface area contributed by atoms with Crippen LogP contribution in [0.15, 0.2) is 36.4 Å². The molecule has 21 heavy (non-hydrogen) atoms. The summed E-state index contributed by atoms with van der Waals surface area (Å²) >= 11 is 6.09. The number of nitrogens with zero attached hydrogens (tertiary/aromatic N) is 1. The van der Waals surface area contributed by atoms with Gasteiger partial charge >= 0.3 is 0 Å². The Morgan fingerprint density at radius 2 is 1.90 bits per heavy atom. The van der Waals surface area contributed by atoms with Crippen LogP contribution in [0.1, 0.15) is 15.9 Å². The summed E-state index contributed by atoms with van der Waals surface area (Å²) in [5.74, 6) is -0.724. The minimum atomic E-state index is -0.724. The Hall–Kier alpha value is -2.60. The Labute approximate surface area is 125 Å². The van der Waals surface area contributed by atoms with Gasteiger partial charge in [0, 0.05) is 11.6 Å². The molecule has 0 saturated heterocycles. The van der Waals surface area contributed by atoms with Crippen LogP contribution in [0, 0.1) is 17.0 Å². The molecule has 0 aliphatic carbocycles. The fourth-order valence-corrected chi connectivity index (χ4v) is 2.09. The molecule has 0 spiro atoms. The predicted molar refractivity (Wildman–Crippen MR) is 81.1 cm³/mol. The van der Waals surface area contributed by atoms with Crippen molar-refractivity contribution in [3.63, 3.8) is 0 Å². The number of nitro groups is 1. The molecule has 3 N–H and O–H groups in total. The summed E-state index contributed by atoms with van der Waals surface area (Å²) in [7, 11) is 0. The smallest absolute Gasteiger partial charge is 0.293 e. The molecule has 0 atom stereocenters. The largest absolute Gasteiger partial charge is 0.366 e. The van der Waals surface area contributed by atoms with E-state index in [2.05, 4.69) is 5.32 Å². The minimum Gasteiger partial charge on any atom is -0.366 e. The molecular weight excluding hydrogens is 294 g/mol. The third-order valence-corrected chi connectivity index (χ3v) is 3.19. The minimum absolute atomic E-state index is 0.0715. The van der Waals surface area contributed by atoms with Crippen molar-refractivity contribution in [3.05, 3.63) is 62.7 Å². The molecule has 0 unspecified atom stereocenters. The molecule has 0 fully saturated rings. The van der Waals surface area contributed by atoms with E-state index in [1.54, 1.807) is 12.1 Å². The van der Waals surface area contributed by atoms with E-state index in [-0.39, 0.29) is 16.9 Å². The number of carbonyl (C=O) groups is 1. The average molecular weight is 306 g/mol. The number of primary amides is 1. The van der Waals surface area contributed by atoms with E-state index >= 15 is 0 Å². The van der Waals surface area contributed by atoms with Crippen LogP contribution in [0.5, 0.6) is 0 Å². The zero-order chi connectivity index (χ0) is 15.6. The van der Waals surface area contributed by atoms with Crippen molar-refractivity contribution < 1.29 is 9.72 Å². The summed E-state index contributed by atoms with van der Waals surface area (Å²) in [6.07, 6.45) is 0. The molecule has 0 aromatic heterocycles. The number of nitrogens with one attached hydrogen (secondary N) is 1. The van der Waals surface area contributed by atoms with Gasteiger partial charge in [0.1, 0.15) is 5.69 Å². The zero-order valence-electron chi connectivity index (χ0n) is 11.1. The lowest BCUT2D eigenvalue weighted by Crippen LogP contribution is -2.11. The molecule has 0 aliphatic rings. The van der Waals surface area contributed by atoms with Crippen molar-refractivity contribution >= 4 is 34.6 Å². The third kappa shape index (κ3) is 3.29. The van der Waals surface area contributed by atoms with Gasteiger partial charge in [-0.3, -0.25) is 14.9 Å². The number of anilines is 2. The normalized spacial score (nSPS) is 10.2. The summed E-state index contributed by atoms with van der Waals surface area (Å²) < 4.78 is 0. The molecule has 0 heterocycles. The highest BCUT2D eigenvalue weighted by Gasteiger charge is 2.17. The number of aryl methyl sites for hydroxylation is 1. The summed E-state index contributed by atoms with van der Waals surface area (Å²) in [5.41, 5.74) is 6.69. The van der Waals surface area contributed by atoms with Crippen LogP contribution < -0.4 is 11.1 Å². The van der Waals surface area contributed by atoms with Crippen LogP contribution in [0.25, 0.3) is 0 Å². The first-order valence-corrected chi connectivity index (χ1v) is 6.37. The monoisotopic (exact) mass is 305 g/mol. The van der Waals surface area contributed by atoms with Gasteiger partial charge in [0.2, 0.25) is 5.91 Å². The van der Waals surface area contributed by atoms with Crippen molar-refractivity contribution in [1.29, 1.82) is 0 Å². The lowest BCUT2D eigenvalue weighted by atomic mass is 10.1. The van der Waals surface area contributed by atoms with Gasteiger partial charge < -0.3 is 11.1 Å². The maximum atomic E-state index is 11.1. The molecule has 2 aromatic rings. The third-order valence-electron chi connectivity index (χ3n) is 2.87. The number of carbonyl (C=O) groups excluding carboxylic acids is 1. The van der Waals surface area contributed by atoms with Gasteiger partial charge in [-0.05, 0) is 36.8 Å². The van der Waals surface area contributed by atoms with E-state index in [1.807, 2.05) is 13.0 Å². The molecular formula is C14H12ClN3O3. The number of halogens is 1. The van der Waals surface area contributed by atoms with Gasteiger partial charge in [0.15, 0.2) is 0 Å². The van der Waals surface area contributed by atoms with Gasteiger partial charge in [0.05, 0.1) is 15.6 Å². The molecule has 7 heteroatoms. The number of nitro benzene ring substituents is 1. The molecule has 0 saturated carbocycles. The molecule has 1 amide bonds. The summed E-state index contributed by atoms with van der Waals surface area (Å²) in [5, 5.41) is 14.4. The molecule has 2 aromatic carbocycles. The van der Waals surface area contributed by atoms with Crippen LogP contribution in [0.3, 0.4) is 0 Å². The number of amides is 1. The van der Waals surface area contributed by atoms with Crippen molar-refractivity contribution in [3.8, 4) is 0 Å². The van der Waals surface area contributed by atoms with E-state index in [4.69, 9.17) is 17.3 Å². The Balaban J connectivity index is 2.44. The number of benzene rings is 2. The molecule has 2 rings (SSSR count). The quantitative estimate of drug-likeness (QED) is 0.668. The van der Waals surface area contributed by atoms with Gasteiger partial charge in [0.25, 0.3) is 5.69 Å². The first-order valence-electron chi connectivity index (χ1n) is 6.00. The highest BCUT2D eigenvalue weighted by molar-refractivity contribution is 6.33. The number of hydrogen-bond donors (Lipinski definition) is 2. The topological polar surface area (TPSA) is 98.3 Å². The Morgan fingerprint density at radius 1 is 1.24 bits per heavy atom. The van der Waals surface area contributed by atoms with Gasteiger partial charge in [-0.15, -0.1) is 0 Å². The lowest BCUT2D eigenvalue weighted by Gasteiger charge is -2.10. The van der Waals surface area contributed by atoms with Gasteiger partial charge in [-0.25, -0.2) is 0 Å². The summed E-state index contributed by atoms with van der Waals surface area (Å²) in [4.78, 5) is 21.6. The zero-order valence-corrected chi connectivity index (χ0v) is 11.8. The van der Waals surface area contributed by atoms with Crippen molar-refractivity contribution in [2.75, 3.05) is 5.32 Å². The Kier molecular flexibility index (Phi) is 4.09. The number of rotatable bonds is 4. The highest BCUT2D eigenvalue weighted by Crippen LogP contribution is 2.32. The van der Waals surface area contributed by atoms with Crippen LogP contribution in [0.4, 0.5) is 17.1 Å². The van der Waals surface area contributed by atoms with E-state index in [0.29, 0.717) is 10.7 Å². The second-order valence-electron chi connectivity index (χ2n) is 4.46. The fraction of sp³-hybridized carbons (Fsp3) is 0.0714. The first kappa shape index (κ1) is 14.8. The van der Waals surface area contributed by atoms with Crippen LogP contribution in [-0.4, -0.2) is 10.8 Å². The number of nitrogens with two attached hydrogens (primary N) is 1. The molecule has 108 valence electrons. The number of hydrogen-bond acceptors (Lipinski definition) is 4. The highest BCUT2D eigenvalue weighted by atomic mass is 35.5. The molecule has 0 radical (unpaired) electrons. The first-order chi connectivity index (χ1) is 9.88. The van der Waals surface area contributed by atoms with E-state index in [1.165, 1.54) is 12.1 Å². The maximum absolute atomic E-state index is 11.1. The van der Waals surface area contributed by atoms with E-state index < -0.39 is 10.8 Å². The Bertz CT molecular complexity index is 731. The van der Waals surface area contributed by atoms with E-state index in [0.717, 1.165) is 11.6 Å². The van der Waals surface area contributed by atoms with Crippen LogP contribution in [0.2, 0.25) is 5.02 Å². The second kappa shape index (κ2) is 5.80. The van der Waals surface area contributed by atoms with Gasteiger partial charge in [-0.2, -0.15) is 0 Å². The van der Waals surface area contributed by atoms with Crippen molar-refractivity contribution in [2.24, 2.45) is 5.73 Å². The van der Waals surface area contributed by atoms with Crippen LogP contribution >= 0.6 is 11.6 Å². The standard InChI is InChI=1S/C14H12ClN3O3/c1-8-2-4-11(10(15)6-8)17-12-5-3-9(14(16)19)7-13(12)18(20)21/h2-7,17H,1H3,(H2,16,19). The molecule has 0 bridgehead atoms. The Morgan fingerprint density at radius 3 is 2.48 bits per heavy atom. The van der Waals surface area contributed by atoms with Crippen molar-refractivity contribution in [2.45, 2.75) is 6.92 Å². The maximum Gasteiger partial charge on any atom is 0.293 e. The van der Waals surface area contributed by atoms with Crippen LogP contribution in [-0.2, 0) is 0 Å².